The van der Waals surface area contributed by atoms with Crippen LogP contribution in [0.1, 0.15) is 27.2 Å². The normalized spacial score (nSPS) is 30.1. The fraction of sp³-hybridized carbons (Fsp3) is 0.385. The molecule has 1 unspecified atom stereocenters. The fourth-order valence-electron chi connectivity index (χ4n) is 1.91. The first kappa shape index (κ1) is 10.4. The summed E-state index contributed by atoms with van der Waals surface area (Å²) in [6.07, 6.45) is 12.7. The predicted octanol–water partition coefficient (Wildman–Crippen LogP) is 4.00. The average molecular weight is 263 g/mol. The van der Waals surface area contributed by atoms with Crippen LogP contribution in [-0.4, -0.2) is 0 Å². The van der Waals surface area contributed by atoms with Crippen LogP contribution in [0, 0.1) is 0 Å². The zero-order chi connectivity index (χ0) is 10.2. The van der Waals surface area contributed by atoms with Crippen molar-refractivity contribution in [3.05, 3.63) is 44.8 Å². The predicted molar refractivity (Wildman–Crippen MR) is 57.7 cm³/mol. The summed E-state index contributed by atoms with van der Waals surface area (Å²) in [5.74, 6) is 0. The molecule has 2 aliphatic carbocycles. The van der Waals surface area contributed by atoms with Crippen LogP contribution in [0.4, 0.5) is 0 Å². The molecular weight excluding hydrogens is 247 g/mol. The van der Waals surface area contributed by atoms with Gasteiger partial charge in [0.05, 0.1) is 0 Å². The maximum absolute atomic E-state index is 2.41. The molecule has 2 aliphatic rings. The Hall–Kier alpha value is -0.157. The van der Waals surface area contributed by atoms with Gasteiger partial charge >= 0.3 is 98.4 Å². The molecule has 0 radical (unpaired) electrons. The van der Waals surface area contributed by atoms with Crippen molar-refractivity contribution in [1.29, 1.82) is 0 Å². The summed E-state index contributed by atoms with van der Waals surface area (Å²) in [6.45, 7) is 6.95. The average Bonchev–Trinajstić information content (AvgIpc) is 2.64. The quantitative estimate of drug-likeness (QED) is 0.706. The SMILES string of the molecule is CC1=CC=C[C]1(C)[Zr][C]1=C(C)C=CC1. The molecule has 0 amide bonds. The van der Waals surface area contributed by atoms with E-state index in [-0.39, 0.29) is 0 Å². The van der Waals surface area contributed by atoms with E-state index in [1.54, 1.807) is 14.4 Å². The summed E-state index contributed by atoms with van der Waals surface area (Å²) < 4.78 is 2.22. The summed E-state index contributed by atoms with van der Waals surface area (Å²) in [6, 6.07) is 0. The third kappa shape index (κ3) is 1.80. The van der Waals surface area contributed by atoms with E-state index in [1.807, 2.05) is 0 Å². The molecule has 0 aliphatic heterocycles. The van der Waals surface area contributed by atoms with Gasteiger partial charge in [-0.3, -0.25) is 0 Å². The van der Waals surface area contributed by atoms with E-state index in [1.165, 1.54) is 6.42 Å². The second-order valence-electron chi connectivity index (χ2n) is 4.30. The second-order valence-corrected chi connectivity index (χ2v) is 8.96. The van der Waals surface area contributed by atoms with E-state index < -0.39 is 23.2 Å². The first-order chi connectivity index (χ1) is 6.62. The molecule has 1 atom stereocenters. The van der Waals surface area contributed by atoms with Crippen molar-refractivity contribution in [2.75, 3.05) is 0 Å². The number of allylic oxidation sites excluding steroid dienone is 8. The zero-order valence-corrected chi connectivity index (χ0v) is 11.6. The zero-order valence-electron chi connectivity index (χ0n) is 9.09. The number of rotatable bonds is 2. The van der Waals surface area contributed by atoms with Crippen molar-refractivity contribution < 1.29 is 23.2 Å². The van der Waals surface area contributed by atoms with Gasteiger partial charge in [0.2, 0.25) is 0 Å². The molecule has 0 aromatic carbocycles. The summed E-state index contributed by atoms with van der Waals surface area (Å²) >= 11 is -0.468. The summed E-state index contributed by atoms with van der Waals surface area (Å²) in [7, 11) is 0. The van der Waals surface area contributed by atoms with Crippen LogP contribution in [0.2, 0.25) is 3.12 Å². The van der Waals surface area contributed by atoms with Gasteiger partial charge in [0, 0.05) is 0 Å². The molecule has 14 heavy (non-hydrogen) atoms. The van der Waals surface area contributed by atoms with Gasteiger partial charge in [0.15, 0.2) is 0 Å². The van der Waals surface area contributed by atoms with Gasteiger partial charge in [-0.15, -0.1) is 0 Å². The Morgan fingerprint density at radius 2 is 2.14 bits per heavy atom. The first-order valence-electron chi connectivity index (χ1n) is 5.13. The van der Waals surface area contributed by atoms with E-state index >= 15 is 0 Å². The second kappa shape index (κ2) is 3.78. The Morgan fingerprint density at radius 1 is 1.36 bits per heavy atom. The van der Waals surface area contributed by atoms with Crippen LogP contribution >= 0.6 is 0 Å². The van der Waals surface area contributed by atoms with Crippen molar-refractivity contribution in [3.8, 4) is 0 Å². The van der Waals surface area contributed by atoms with Crippen molar-refractivity contribution >= 4 is 0 Å². The summed E-state index contributed by atoms with van der Waals surface area (Å²) in [5.41, 5.74) is 3.11. The standard InChI is InChI=1S/C7H9.C6H7.Zr/c1-6-4-3-5-7(6)2;1-6-4-2-3-5-6;/h3-5H,1-2H3;2,4H,3H2,1H3;. The topological polar surface area (TPSA) is 0 Å². The van der Waals surface area contributed by atoms with Crippen molar-refractivity contribution in [2.45, 2.75) is 30.3 Å². The van der Waals surface area contributed by atoms with Gasteiger partial charge in [-0.05, 0) is 0 Å². The molecule has 0 saturated carbocycles. The molecule has 2 rings (SSSR count). The van der Waals surface area contributed by atoms with Crippen molar-refractivity contribution in [2.24, 2.45) is 0 Å². The maximum atomic E-state index is 2.41. The van der Waals surface area contributed by atoms with Crippen molar-refractivity contribution in [1.82, 2.24) is 0 Å². The van der Waals surface area contributed by atoms with Gasteiger partial charge in [-0.1, -0.05) is 0 Å². The van der Waals surface area contributed by atoms with Crippen LogP contribution < -0.4 is 0 Å². The molecule has 0 aromatic heterocycles. The third-order valence-corrected chi connectivity index (χ3v) is 8.04. The molecule has 1 heteroatoms. The number of hydrogen-bond donors (Lipinski definition) is 0. The molecule has 0 aromatic rings. The Kier molecular flexibility index (Phi) is 2.79. The molecule has 0 saturated heterocycles. The van der Waals surface area contributed by atoms with E-state index in [9.17, 15) is 0 Å². The molecule has 72 valence electrons. The molecule has 0 bridgehead atoms. The Morgan fingerprint density at radius 3 is 2.64 bits per heavy atom. The Bertz CT molecular complexity index is 369. The molecule has 0 fully saturated rings. The minimum atomic E-state index is -0.468. The number of hydrogen-bond acceptors (Lipinski definition) is 0. The summed E-state index contributed by atoms with van der Waals surface area (Å²) in [4.78, 5) is 0. The van der Waals surface area contributed by atoms with E-state index in [0.29, 0.717) is 3.12 Å². The van der Waals surface area contributed by atoms with Gasteiger partial charge in [-0.2, -0.15) is 0 Å². The summed E-state index contributed by atoms with van der Waals surface area (Å²) in [5, 5.41) is 0. The minimum absolute atomic E-state index is 0.450. The third-order valence-electron chi connectivity index (χ3n) is 3.17. The van der Waals surface area contributed by atoms with Gasteiger partial charge in [0.25, 0.3) is 0 Å². The van der Waals surface area contributed by atoms with Crippen LogP contribution in [0.15, 0.2) is 44.8 Å². The first-order valence-corrected chi connectivity index (χ1v) is 7.59. The molecular formula is C13H16Zr. The van der Waals surface area contributed by atoms with Gasteiger partial charge in [-0.25, -0.2) is 0 Å². The van der Waals surface area contributed by atoms with Crippen LogP contribution in [-0.2, 0) is 23.2 Å². The van der Waals surface area contributed by atoms with Crippen LogP contribution in [0.5, 0.6) is 0 Å². The van der Waals surface area contributed by atoms with E-state index in [2.05, 4.69) is 51.2 Å². The Labute approximate surface area is 98.0 Å². The molecule has 0 N–H and O–H groups in total. The molecule has 0 nitrogen and oxygen atoms in total. The monoisotopic (exact) mass is 262 g/mol. The van der Waals surface area contributed by atoms with E-state index in [0.717, 1.165) is 0 Å². The molecule has 0 heterocycles. The van der Waals surface area contributed by atoms with E-state index in [4.69, 9.17) is 0 Å². The van der Waals surface area contributed by atoms with Crippen molar-refractivity contribution in [3.63, 3.8) is 0 Å². The van der Waals surface area contributed by atoms with Crippen LogP contribution in [0.3, 0.4) is 0 Å². The Balaban J connectivity index is 2.16. The van der Waals surface area contributed by atoms with Gasteiger partial charge in [0.1, 0.15) is 0 Å². The van der Waals surface area contributed by atoms with Crippen LogP contribution in [0.25, 0.3) is 0 Å². The molecule has 0 spiro atoms. The van der Waals surface area contributed by atoms with Gasteiger partial charge < -0.3 is 0 Å². The fourth-order valence-corrected chi connectivity index (χ4v) is 5.81.